The van der Waals surface area contributed by atoms with Crippen LogP contribution in [0.25, 0.3) is 0 Å². The fourth-order valence-corrected chi connectivity index (χ4v) is 4.42. The molecule has 0 aliphatic rings. The number of aryl methyl sites for hydroxylation is 1. The average molecular weight is 320 g/mol. The molecule has 0 radical (unpaired) electrons. The molecule has 6 nitrogen and oxygen atoms in total. The van der Waals surface area contributed by atoms with E-state index < -0.39 is 16.0 Å². The second-order valence-electron chi connectivity index (χ2n) is 4.70. The van der Waals surface area contributed by atoms with Crippen LogP contribution in [0.15, 0.2) is 10.3 Å². The minimum Gasteiger partial charge on any atom is -0.465 e. The van der Waals surface area contributed by atoms with Crippen LogP contribution in [-0.4, -0.2) is 64.9 Å². The molecule has 0 unspecified atom stereocenters. The number of carbonyl (C=O) groups excluding carboxylic acids is 1. The summed E-state index contributed by atoms with van der Waals surface area (Å²) in [6.45, 7) is 2.63. The highest BCUT2D eigenvalue weighted by Gasteiger charge is 2.30. The number of ether oxygens (including phenoxy) is 1. The minimum absolute atomic E-state index is 0.0515. The molecule has 114 valence electrons. The Morgan fingerprint density at radius 1 is 1.30 bits per heavy atom. The van der Waals surface area contributed by atoms with E-state index in [1.54, 1.807) is 12.3 Å². The van der Waals surface area contributed by atoms with Gasteiger partial charge in [-0.05, 0) is 32.0 Å². The Kier molecular flexibility index (Phi) is 5.69. The molecule has 0 aliphatic heterocycles. The third kappa shape index (κ3) is 3.57. The molecule has 0 fully saturated rings. The van der Waals surface area contributed by atoms with Gasteiger partial charge < -0.3 is 9.64 Å². The molecule has 0 aliphatic carbocycles. The number of hydrogen-bond acceptors (Lipinski definition) is 6. The molecular weight excluding hydrogens is 300 g/mol. The number of esters is 1. The Balaban J connectivity index is 3.15. The molecule has 20 heavy (non-hydrogen) atoms. The minimum atomic E-state index is -3.69. The third-order valence-electron chi connectivity index (χ3n) is 2.82. The molecule has 8 heteroatoms. The van der Waals surface area contributed by atoms with Crippen LogP contribution < -0.4 is 0 Å². The number of thiophene rings is 1. The van der Waals surface area contributed by atoms with Crippen LogP contribution in [0.1, 0.15) is 15.2 Å². The SMILES string of the molecule is COC(=O)c1scc(C)c1S(=O)(=O)N(C)CCN(C)C. The van der Waals surface area contributed by atoms with Crippen molar-refractivity contribution in [1.29, 1.82) is 0 Å². The summed E-state index contributed by atoms with van der Waals surface area (Å²) in [5.74, 6) is -0.623. The molecule has 0 spiro atoms. The van der Waals surface area contributed by atoms with Crippen molar-refractivity contribution in [2.45, 2.75) is 11.8 Å². The quantitative estimate of drug-likeness (QED) is 0.732. The lowest BCUT2D eigenvalue weighted by Crippen LogP contribution is -2.34. The van der Waals surface area contributed by atoms with Gasteiger partial charge in [0.05, 0.1) is 7.11 Å². The second-order valence-corrected chi connectivity index (χ2v) is 7.56. The normalized spacial score (nSPS) is 12.2. The zero-order valence-electron chi connectivity index (χ0n) is 12.3. The number of hydrogen-bond donors (Lipinski definition) is 0. The summed E-state index contributed by atoms with van der Waals surface area (Å²) in [4.78, 5) is 13.8. The Morgan fingerprint density at radius 2 is 1.90 bits per heavy atom. The van der Waals surface area contributed by atoms with Crippen molar-refractivity contribution in [3.63, 3.8) is 0 Å². The average Bonchev–Trinajstić information content (AvgIpc) is 2.77. The summed E-state index contributed by atoms with van der Waals surface area (Å²) in [6.07, 6.45) is 0. The van der Waals surface area contributed by atoms with E-state index >= 15 is 0 Å². The van der Waals surface area contributed by atoms with Crippen molar-refractivity contribution < 1.29 is 17.9 Å². The molecule has 0 saturated heterocycles. The van der Waals surface area contributed by atoms with Crippen molar-refractivity contribution in [1.82, 2.24) is 9.21 Å². The molecule has 1 aromatic rings. The lowest BCUT2D eigenvalue weighted by Gasteiger charge is -2.20. The van der Waals surface area contributed by atoms with Crippen molar-refractivity contribution >= 4 is 27.3 Å². The Bertz CT molecular complexity index is 578. The standard InChI is InChI=1S/C12H20N2O4S2/c1-9-8-19-10(12(15)18-5)11(9)20(16,17)14(4)7-6-13(2)3/h8H,6-7H2,1-5H3. The van der Waals surface area contributed by atoms with Crippen LogP contribution in [0.5, 0.6) is 0 Å². The Morgan fingerprint density at radius 3 is 2.40 bits per heavy atom. The summed E-state index contributed by atoms with van der Waals surface area (Å²) < 4.78 is 31.1. The fourth-order valence-electron chi connectivity index (χ4n) is 1.60. The molecule has 1 aromatic heterocycles. The molecule has 0 bridgehead atoms. The summed E-state index contributed by atoms with van der Waals surface area (Å²) in [5.41, 5.74) is 0.562. The first kappa shape index (κ1) is 17.1. The number of likely N-dealkylation sites (N-methyl/N-ethyl adjacent to an activating group) is 2. The smallest absolute Gasteiger partial charge is 0.349 e. The molecule has 0 N–H and O–H groups in total. The van der Waals surface area contributed by atoms with E-state index in [9.17, 15) is 13.2 Å². The molecule has 0 aromatic carbocycles. The first-order chi connectivity index (χ1) is 9.21. The van der Waals surface area contributed by atoms with E-state index in [4.69, 9.17) is 0 Å². The van der Waals surface area contributed by atoms with Crippen molar-refractivity contribution in [3.05, 3.63) is 15.8 Å². The van der Waals surface area contributed by atoms with Gasteiger partial charge in [-0.1, -0.05) is 0 Å². The van der Waals surface area contributed by atoms with Gasteiger partial charge in [0, 0.05) is 20.1 Å². The maximum absolute atomic E-state index is 12.6. The van der Waals surface area contributed by atoms with Gasteiger partial charge in [-0.3, -0.25) is 0 Å². The molecule has 1 heterocycles. The van der Waals surface area contributed by atoms with Crippen LogP contribution in [0.2, 0.25) is 0 Å². The molecule has 1 rings (SSSR count). The Hall–Kier alpha value is -0.960. The lowest BCUT2D eigenvalue weighted by atomic mass is 10.3. The fraction of sp³-hybridized carbons (Fsp3) is 0.583. The monoisotopic (exact) mass is 320 g/mol. The summed E-state index contributed by atoms with van der Waals surface area (Å²) in [5, 5.41) is 1.65. The predicted molar refractivity (Wildman–Crippen MR) is 78.8 cm³/mol. The van der Waals surface area contributed by atoms with E-state index in [1.165, 1.54) is 18.5 Å². The molecule has 0 amide bonds. The number of carbonyl (C=O) groups is 1. The van der Waals surface area contributed by atoms with Crippen LogP contribution in [0.4, 0.5) is 0 Å². The van der Waals surface area contributed by atoms with Crippen LogP contribution in [0, 0.1) is 6.92 Å². The second kappa shape index (κ2) is 6.66. The first-order valence-electron chi connectivity index (χ1n) is 5.99. The highest BCUT2D eigenvalue weighted by atomic mass is 32.2. The topological polar surface area (TPSA) is 66.9 Å². The molecular formula is C12H20N2O4S2. The van der Waals surface area contributed by atoms with Gasteiger partial charge >= 0.3 is 5.97 Å². The first-order valence-corrected chi connectivity index (χ1v) is 8.31. The van der Waals surface area contributed by atoms with Gasteiger partial charge in [-0.15, -0.1) is 11.3 Å². The number of methoxy groups -OCH3 is 1. The third-order valence-corrected chi connectivity index (χ3v) is 6.07. The summed E-state index contributed by atoms with van der Waals surface area (Å²) in [6, 6.07) is 0. The zero-order chi connectivity index (χ0) is 15.5. The van der Waals surface area contributed by atoms with Gasteiger partial charge in [0.25, 0.3) is 0 Å². The van der Waals surface area contributed by atoms with Crippen molar-refractivity contribution in [2.75, 3.05) is 41.3 Å². The van der Waals surface area contributed by atoms with E-state index in [0.29, 0.717) is 18.7 Å². The summed E-state index contributed by atoms with van der Waals surface area (Å²) in [7, 11) is 2.80. The van der Waals surface area contributed by atoms with Gasteiger partial charge in [-0.2, -0.15) is 4.31 Å². The summed E-state index contributed by atoms with van der Waals surface area (Å²) >= 11 is 1.09. The predicted octanol–water partition coefficient (Wildman–Crippen LogP) is 1.03. The van der Waals surface area contributed by atoms with Crippen LogP contribution in [-0.2, 0) is 14.8 Å². The van der Waals surface area contributed by atoms with Gasteiger partial charge in [-0.25, -0.2) is 13.2 Å². The van der Waals surface area contributed by atoms with E-state index in [0.717, 1.165) is 11.3 Å². The lowest BCUT2D eigenvalue weighted by molar-refractivity contribution is 0.0602. The number of nitrogens with zero attached hydrogens (tertiary/aromatic N) is 2. The maximum Gasteiger partial charge on any atom is 0.349 e. The highest BCUT2D eigenvalue weighted by molar-refractivity contribution is 7.89. The van der Waals surface area contributed by atoms with E-state index in [-0.39, 0.29) is 9.77 Å². The molecule has 0 saturated carbocycles. The highest BCUT2D eigenvalue weighted by Crippen LogP contribution is 2.29. The number of rotatable bonds is 6. The van der Waals surface area contributed by atoms with Crippen LogP contribution in [0.3, 0.4) is 0 Å². The zero-order valence-corrected chi connectivity index (χ0v) is 14.0. The van der Waals surface area contributed by atoms with Crippen LogP contribution >= 0.6 is 11.3 Å². The van der Waals surface area contributed by atoms with Crippen molar-refractivity contribution in [2.24, 2.45) is 0 Å². The molecule has 0 atom stereocenters. The van der Waals surface area contributed by atoms with E-state index in [2.05, 4.69) is 4.74 Å². The maximum atomic E-state index is 12.6. The van der Waals surface area contributed by atoms with Gasteiger partial charge in [0.15, 0.2) is 0 Å². The van der Waals surface area contributed by atoms with Crippen molar-refractivity contribution in [3.8, 4) is 0 Å². The Labute approximate surface area is 124 Å². The van der Waals surface area contributed by atoms with Gasteiger partial charge in [0.2, 0.25) is 10.0 Å². The largest absolute Gasteiger partial charge is 0.465 e. The number of sulfonamides is 1. The van der Waals surface area contributed by atoms with Gasteiger partial charge in [0.1, 0.15) is 9.77 Å². The van der Waals surface area contributed by atoms with E-state index in [1.807, 2.05) is 19.0 Å².